The molecule has 0 fully saturated rings. The molecule has 6 heteroatoms. The zero-order chi connectivity index (χ0) is 12.7. The second-order valence-electron chi connectivity index (χ2n) is 3.37. The third-order valence-electron chi connectivity index (χ3n) is 2.21. The van der Waals surface area contributed by atoms with Gasteiger partial charge in [0.25, 0.3) is 0 Å². The molecule has 0 aliphatic heterocycles. The van der Waals surface area contributed by atoms with Crippen molar-refractivity contribution in [3.63, 3.8) is 0 Å². The first-order chi connectivity index (χ1) is 8.14. The molecule has 0 N–H and O–H groups in total. The minimum absolute atomic E-state index is 0.0501. The van der Waals surface area contributed by atoms with Gasteiger partial charge in [-0.25, -0.2) is 8.78 Å². The van der Waals surface area contributed by atoms with Crippen LogP contribution in [0.2, 0.25) is 0 Å². The molecule has 2 unspecified atom stereocenters. The maximum atomic E-state index is 14.1. The van der Waals surface area contributed by atoms with Crippen molar-refractivity contribution in [3.8, 4) is 0 Å². The van der Waals surface area contributed by atoms with E-state index in [4.69, 9.17) is 9.47 Å². The van der Waals surface area contributed by atoms with Crippen molar-refractivity contribution in [2.45, 2.75) is 5.85 Å². The van der Waals surface area contributed by atoms with Crippen molar-refractivity contribution in [1.82, 2.24) is 0 Å². The summed E-state index contributed by atoms with van der Waals surface area (Å²) in [5.74, 6) is -4.80. The summed E-state index contributed by atoms with van der Waals surface area (Å²) in [7, 11) is 0. The molecule has 0 heterocycles. The Hall–Kier alpha value is -0.590. The van der Waals surface area contributed by atoms with Crippen LogP contribution in [-0.2, 0) is 14.3 Å². The van der Waals surface area contributed by atoms with Crippen molar-refractivity contribution in [2.75, 3.05) is 25.2 Å². The molecule has 0 radical (unpaired) electrons. The van der Waals surface area contributed by atoms with Gasteiger partial charge in [-0.1, -0.05) is 22.0 Å². The van der Waals surface area contributed by atoms with E-state index in [0.717, 1.165) is 12.2 Å². The van der Waals surface area contributed by atoms with E-state index in [1.807, 2.05) is 0 Å². The van der Waals surface area contributed by atoms with E-state index in [1.54, 1.807) is 0 Å². The third-order valence-corrected chi connectivity index (χ3v) is 2.53. The number of hydrogen-bond acceptors (Lipinski definition) is 3. The molecule has 1 aliphatic rings. The van der Waals surface area contributed by atoms with Crippen LogP contribution in [-0.4, -0.2) is 37.3 Å². The lowest BCUT2D eigenvalue weighted by molar-refractivity contribution is -0.156. The minimum Gasteiger partial charge on any atom is -0.378 e. The largest absolute Gasteiger partial charge is 0.378 e. The SMILES string of the molecule is O=CC1C(F)=CC=CC1(F)OCCOCCBr. The van der Waals surface area contributed by atoms with Crippen LogP contribution in [0.4, 0.5) is 8.78 Å². The van der Waals surface area contributed by atoms with E-state index in [2.05, 4.69) is 15.9 Å². The van der Waals surface area contributed by atoms with Crippen LogP contribution in [0.5, 0.6) is 0 Å². The van der Waals surface area contributed by atoms with Crippen molar-refractivity contribution in [2.24, 2.45) is 5.92 Å². The Balaban J connectivity index is 2.47. The Kier molecular flexibility index (Phi) is 5.94. The van der Waals surface area contributed by atoms with E-state index in [0.29, 0.717) is 11.9 Å². The number of allylic oxidation sites excluding steroid dienone is 2. The molecule has 1 rings (SSSR count). The molecule has 0 saturated heterocycles. The average Bonchev–Trinajstić information content (AvgIpc) is 2.29. The highest BCUT2D eigenvalue weighted by Crippen LogP contribution is 2.34. The molecule has 0 bridgehead atoms. The number of alkyl halides is 2. The van der Waals surface area contributed by atoms with Gasteiger partial charge in [-0.3, -0.25) is 0 Å². The molecule has 0 aromatic heterocycles. The summed E-state index contributed by atoms with van der Waals surface area (Å²) < 4.78 is 37.2. The predicted molar refractivity (Wildman–Crippen MR) is 62.3 cm³/mol. The van der Waals surface area contributed by atoms with E-state index in [9.17, 15) is 13.6 Å². The fourth-order valence-corrected chi connectivity index (χ4v) is 1.60. The summed E-state index contributed by atoms with van der Waals surface area (Å²) in [5, 5.41) is 0.669. The fraction of sp³-hybridized carbons (Fsp3) is 0.545. The Labute approximate surface area is 107 Å². The fourth-order valence-electron chi connectivity index (χ4n) is 1.38. The summed E-state index contributed by atoms with van der Waals surface area (Å²) in [6.45, 7) is 0.608. The molecule has 0 amide bonds. The number of hydrogen-bond donors (Lipinski definition) is 0. The number of carbonyl (C=O) groups excluding carboxylic acids is 1. The summed E-state index contributed by atoms with van der Waals surface area (Å²) in [5.41, 5.74) is 0. The molecule has 0 spiro atoms. The molecule has 2 atom stereocenters. The topological polar surface area (TPSA) is 35.5 Å². The van der Waals surface area contributed by atoms with E-state index < -0.39 is 17.6 Å². The molecular weight excluding hydrogens is 298 g/mol. The van der Waals surface area contributed by atoms with Gasteiger partial charge < -0.3 is 14.3 Å². The first-order valence-corrected chi connectivity index (χ1v) is 6.23. The Morgan fingerprint density at radius 1 is 1.47 bits per heavy atom. The second-order valence-corrected chi connectivity index (χ2v) is 4.16. The Bertz CT molecular complexity index is 320. The zero-order valence-corrected chi connectivity index (χ0v) is 10.7. The van der Waals surface area contributed by atoms with Gasteiger partial charge in [-0.15, -0.1) is 0 Å². The van der Waals surface area contributed by atoms with Crippen LogP contribution in [0.1, 0.15) is 0 Å². The van der Waals surface area contributed by atoms with Crippen LogP contribution in [0, 0.1) is 5.92 Å². The van der Waals surface area contributed by atoms with Gasteiger partial charge in [-0.2, -0.15) is 0 Å². The summed E-state index contributed by atoms with van der Waals surface area (Å²) in [6, 6.07) is 0. The number of aldehydes is 1. The van der Waals surface area contributed by atoms with Gasteiger partial charge in [0.2, 0.25) is 5.85 Å². The minimum atomic E-state index is -2.42. The van der Waals surface area contributed by atoms with Gasteiger partial charge in [0.15, 0.2) is 0 Å². The molecular formula is C11H13BrF2O3. The number of carbonyl (C=O) groups is 1. The van der Waals surface area contributed by atoms with E-state index in [1.165, 1.54) is 6.08 Å². The van der Waals surface area contributed by atoms with Crippen LogP contribution < -0.4 is 0 Å². The normalized spacial score (nSPS) is 27.9. The number of rotatable bonds is 7. The smallest absolute Gasteiger partial charge is 0.244 e. The first kappa shape index (κ1) is 14.5. The molecule has 1 aliphatic carbocycles. The van der Waals surface area contributed by atoms with Gasteiger partial charge in [-0.05, 0) is 12.2 Å². The van der Waals surface area contributed by atoms with Gasteiger partial charge in [0, 0.05) is 5.33 Å². The van der Waals surface area contributed by atoms with Crippen molar-refractivity contribution < 1.29 is 23.0 Å². The van der Waals surface area contributed by atoms with Crippen molar-refractivity contribution >= 4 is 22.2 Å². The highest BCUT2D eigenvalue weighted by molar-refractivity contribution is 9.09. The van der Waals surface area contributed by atoms with Gasteiger partial charge >= 0.3 is 0 Å². The lowest BCUT2D eigenvalue weighted by atomic mass is 9.95. The Morgan fingerprint density at radius 3 is 2.88 bits per heavy atom. The third kappa shape index (κ3) is 3.97. The van der Waals surface area contributed by atoms with Crippen molar-refractivity contribution in [1.29, 1.82) is 0 Å². The lowest BCUT2D eigenvalue weighted by Gasteiger charge is -2.28. The highest BCUT2D eigenvalue weighted by atomic mass is 79.9. The predicted octanol–water partition coefficient (Wildman–Crippen LogP) is 2.32. The number of ether oxygens (including phenoxy) is 2. The lowest BCUT2D eigenvalue weighted by Crippen LogP contribution is -2.38. The van der Waals surface area contributed by atoms with Crippen LogP contribution >= 0.6 is 15.9 Å². The number of halogens is 3. The maximum absolute atomic E-state index is 14.1. The summed E-state index contributed by atoms with van der Waals surface area (Å²) >= 11 is 3.16. The van der Waals surface area contributed by atoms with Gasteiger partial charge in [0.05, 0.1) is 19.8 Å². The van der Waals surface area contributed by atoms with E-state index in [-0.39, 0.29) is 19.5 Å². The highest BCUT2D eigenvalue weighted by Gasteiger charge is 2.42. The maximum Gasteiger partial charge on any atom is 0.244 e. The molecule has 0 aromatic carbocycles. The van der Waals surface area contributed by atoms with Crippen molar-refractivity contribution in [3.05, 3.63) is 24.1 Å². The van der Waals surface area contributed by atoms with E-state index >= 15 is 0 Å². The standard InChI is InChI=1S/C11H13BrF2O3/c12-4-5-16-6-7-17-11(14)3-1-2-10(13)9(11)8-15/h1-3,8-9H,4-7H2. The van der Waals surface area contributed by atoms with Crippen LogP contribution in [0.25, 0.3) is 0 Å². The Morgan fingerprint density at radius 2 is 2.24 bits per heavy atom. The molecule has 96 valence electrons. The quantitative estimate of drug-likeness (QED) is 0.411. The monoisotopic (exact) mass is 310 g/mol. The second kappa shape index (κ2) is 6.98. The molecule has 3 nitrogen and oxygen atoms in total. The molecule has 17 heavy (non-hydrogen) atoms. The van der Waals surface area contributed by atoms with Gasteiger partial charge in [0.1, 0.15) is 18.0 Å². The first-order valence-electron chi connectivity index (χ1n) is 5.11. The molecule has 0 aromatic rings. The zero-order valence-electron chi connectivity index (χ0n) is 9.07. The molecule has 0 saturated carbocycles. The average molecular weight is 311 g/mol. The summed E-state index contributed by atoms with van der Waals surface area (Å²) in [6.07, 6.45) is 3.46. The van der Waals surface area contributed by atoms with Crippen LogP contribution in [0.15, 0.2) is 24.1 Å². The van der Waals surface area contributed by atoms with Crippen LogP contribution in [0.3, 0.4) is 0 Å². The summed E-state index contributed by atoms with van der Waals surface area (Å²) in [4.78, 5) is 10.6.